The van der Waals surface area contributed by atoms with Gasteiger partial charge in [0.05, 0.1) is 0 Å². The fraction of sp³-hybridized carbons (Fsp3) is 0.333. The highest BCUT2D eigenvalue weighted by Gasteiger charge is 2.24. The van der Waals surface area contributed by atoms with Crippen molar-refractivity contribution < 1.29 is 9.53 Å². The highest BCUT2D eigenvalue weighted by molar-refractivity contribution is 6.30. The van der Waals surface area contributed by atoms with Crippen molar-refractivity contribution in [1.29, 1.82) is 5.26 Å². The SMILES string of the molecule is N#Cc1nccnc1OC1CCC(NC(=O)Nc2ccc(Cl)cc2)CC1. The van der Waals surface area contributed by atoms with Crippen molar-refractivity contribution in [2.45, 2.75) is 37.8 Å². The molecule has 1 fully saturated rings. The van der Waals surface area contributed by atoms with Gasteiger partial charge in [-0.3, -0.25) is 0 Å². The number of hydrogen-bond acceptors (Lipinski definition) is 5. The maximum Gasteiger partial charge on any atom is 0.319 e. The van der Waals surface area contributed by atoms with Crippen LogP contribution in [-0.4, -0.2) is 28.1 Å². The van der Waals surface area contributed by atoms with Gasteiger partial charge in [0, 0.05) is 29.1 Å². The van der Waals surface area contributed by atoms with E-state index in [1.165, 1.54) is 12.4 Å². The van der Waals surface area contributed by atoms with E-state index in [4.69, 9.17) is 21.6 Å². The molecule has 0 saturated heterocycles. The van der Waals surface area contributed by atoms with E-state index >= 15 is 0 Å². The van der Waals surface area contributed by atoms with Gasteiger partial charge in [0.1, 0.15) is 12.2 Å². The highest BCUT2D eigenvalue weighted by atomic mass is 35.5. The van der Waals surface area contributed by atoms with Crippen LogP contribution >= 0.6 is 11.6 Å². The quantitative estimate of drug-likeness (QED) is 0.856. The largest absolute Gasteiger partial charge is 0.472 e. The molecule has 2 amide bonds. The zero-order chi connectivity index (χ0) is 18.4. The Hall–Kier alpha value is -2.85. The van der Waals surface area contributed by atoms with Crippen molar-refractivity contribution in [2.24, 2.45) is 0 Å². The number of urea groups is 1. The van der Waals surface area contributed by atoms with Gasteiger partial charge in [0.2, 0.25) is 5.69 Å². The molecular weight excluding hydrogens is 354 g/mol. The minimum absolute atomic E-state index is 0.0313. The van der Waals surface area contributed by atoms with Crippen molar-refractivity contribution >= 4 is 23.3 Å². The summed E-state index contributed by atoms with van der Waals surface area (Å²) >= 11 is 5.83. The second kappa shape index (κ2) is 8.50. The first kappa shape index (κ1) is 18.0. The van der Waals surface area contributed by atoms with Gasteiger partial charge in [0.25, 0.3) is 5.88 Å². The third kappa shape index (κ3) is 4.83. The zero-order valence-corrected chi connectivity index (χ0v) is 14.7. The molecule has 1 aliphatic carbocycles. The normalized spacial score (nSPS) is 19.2. The predicted octanol–water partition coefficient (Wildman–Crippen LogP) is 3.51. The van der Waals surface area contributed by atoms with Gasteiger partial charge < -0.3 is 15.4 Å². The number of hydrogen-bond donors (Lipinski definition) is 2. The number of halogens is 1. The van der Waals surface area contributed by atoms with E-state index in [9.17, 15) is 4.79 Å². The molecule has 2 aromatic rings. The molecule has 1 heterocycles. The summed E-state index contributed by atoms with van der Waals surface area (Å²) in [7, 11) is 0. The van der Waals surface area contributed by atoms with Gasteiger partial charge in [-0.1, -0.05) is 11.6 Å². The summed E-state index contributed by atoms with van der Waals surface area (Å²) in [5.41, 5.74) is 0.880. The van der Waals surface area contributed by atoms with E-state index in [0.29, 0.717) is 10.7 Å². The van der Waals surface area contributed by atoms with Crippen LogP contribution in [0.25, 0.3) is 0 Å². The van der Waals surface area contributed by atoms with Crippen molar-refractivity contribution in [3.05, 3.63) is 47.4 Å². The lowest BCUT2D eigenvalue weighted by atomic mass is 9.93. The van der Waals surface area contributed by atoms with Gasteiger partial charge in [-0.25, -0.2) is 14.8 Å². The third-order valence-electron chi connectivity index (χ3n) is 4.16. The maximum absolute atomic E-state index is 12.1. The van der Waals surface area contributed by atoms with E-state index in [-0.39, 0.29) is 29.8 Å². The second-order valence-corrected chi connectivity index (χ2v) is 6.46. The van der Waals surface area contributed by atoms with Crippen LogP contribution in [-0.2, 0) is 0 Å². The third-order valence-corrected chi connectivity index (χ3v) is 4.41. The second-order valence-electron chi connectivity index (χ2n) is 6.02. The maximum atomic E-state index is 12.1. The Labute approximate surface area is 156 Å². The molecule has 0 radical (unpaired) electrons. The molecule has 134 valence electrons. The Kier molecular flexibility index (Phi) is 5.87. The Morgan fingerprint density at radius 1 is 1.15 bits per heavy atom. The average Bonchev–Trinajstić information content (AvgIpc) is 2.65. The fourth-order valence-electron chi connectivity index (χ4n) is 2.86. The Balaban J connectivity index is 1.45. The predicted molar refractivity (Wildman–Crippen MR) is 97.0 cm³/mol. The van der Waals surface area contributed by atoms with Crippen molar-refractivity contribution in [3.63, 3.8) is 0 Å². The number of aromatic nitrogens is 2. The summed E-state index contributed by atoms with van der Waals surface area (Å²) in [6.45, 7) is 0. The van der Waals surface area contributed by atoms with Gasteiger partial charge in [-0.2, -0.15) is 5.26 Å². The summed E-state index contributed by atoms with van der Waals surface area (Å²) in [5, 5.41) is 15.4. The summed E-state index contributed by atoms with van der Waals surface area (Å²) in [5.74, 6) is 0.270. The van der Waals surface area contributed by atoms with Crippen LogP contribution in [0.2, 0.25) is 5.02 Å². The van der Waals surface area contributed by atoms with Crippen LogP contribution in [0, 0.1) is 11.3 Å². The lowest BCUT2D eigenvalue weighted by Crippen LogP contribution is -2.41. The Morgan fingerprint density at radius 2 is 1.85 bits per heavy atom. The number of benzene rings is 1. The molecule has 1 aromatic heterocycles. The van der Waals surface area contributed by atoms with Crippen molar-refractivity contribution in [2.75, 3.05) is 5.32 Å². The van der Waals surface area contributed by atoms with Gasteiger partial charge in [-0.05, 0) is 49.9 Å². The number of rotatable bonds is 4. The molecule has 2 N–H and O–H groups in total. The van der Waals surface area contributed by atoms with E-state index in [0.717, 1.165) is 25.7 Å². The molecule has 0 unspecified atom stereocenters. The molecule has 1 saturated carbocycles. The minimum Gasteiger partial charge on any atom is -0.472 e. The summed E-state index contributed by atoms with van der Waals surface area (Å²) in [6, 6.07) is 8.77. The molecule has 0 aliphatic heterocycles. The molecule has 0 spiro atoms. The van der Waals surface area contributed by atoms with Crippen LogP contribution in [0.1, 0.15) is 31.4 Å². The van der Waals surface area contributed by atoms with Crippen LogP contribution in [0.4, 0.5) is 10.5 Å². The first-order valence-corrected chi connectivity index (χ1v) is 8.72. The summed E-state index contributed by atoms with van der Waals surface area (Å²) < 4.78 is 5.80. The monoisotopic (exact) mass is 371 g/mol. The Morgan fingerprint density at radius 3 is 2.54 bits per heavy atom. The summed E-state index contributed by atoms with van der Waals surface area (Å²) in [6.07, 6.45) is 6.06. The molecular formula is C18H18ClN5O2. The van der Waals surface area contributed by atoms with Crippen LogP contribution in [0.15, 0.2) is 36.7 Å². The molecule has 8 heteroatoms. The number of nitriles is 1. The first-order chi connectivity index (χ1) is 12.6. The van der Waals surface area contributed by atoms with E-state index < -0.39 is 0 Å². The topological polar surface area (TPSA) is 99.9 Å². The van der Waals surface area contributed by atoms with Gasteiger partial charge in [-0.15, -0.1) is 0 Å². The van der Waals surface area contributed by atoms with Crippen molar-refractivity contribution in [3.8, 4) is 11.9 Å². The minimum atomic E-state index is -0.239. The van der Waals surface area contributed by atoms with Crippen molar-refractivity contribution in [1.82, 2.24) is 15.3 Å². The van der Waals surface area contributed by atoms with E-state index in [1.54, 1.807) is 24.3 Å². The molecule has 0 atom stereocenters. The van der Waals surface area contributed by atoms with E-state index in [2.05, 4.69) is 20.6 Å². The molecule has 3 rings (SSSR count). The molecule has 7 nitrogen and oxygen atoms in total. The average molecular weight is 372 g/mol. The molecule has 0 bridgehead atoms. The summed E-state index contributed by atoms with van der Waals surface area (Å²) in [4.78, 5) is 20.1. The van der Waals surface area contributed by atoms with E-state index in [1.807, 2.05) is 6.07 Å². The lowest BCUT2D eigenvalue weighted by molar-refractivity contribution is 0.134. The Bertz CT molecular complexity index is 798. The van der Waals surface area contributed by atoms with Crippen LogP contribution in [0.3, 0.4) is 0 Å². The zero-order valence-electron chi connectivity index (χ0n) is 14.0. The van der Waals surface area contributed by atoms with Gasteiger partial charge >= 0.3 is 6.03 Å². The standard InChI is InChI=1S/C18H18ClN5O2/c19-12-1-3-13(4-2-12)23-18(25)24-14-5-7-15(8-6-14)26-17-16(11-20)21-9-10-22-17/h1-4,9-10,14-15H,5-8H2,(H2,23,24,25). The number of ether oxygens (including phenoxy) is 1. The molecule has 1 aromatic carbocycles. The number of carbonyl (C=O) groups is 1. The lowest BCUT2D eigenvalue weighted by Gasteiger charge is -2.29. The highest BCUT2D eigenvalue weighted by Crippen LogP contribution is 2.24. The number of nitrogens with one attached hydrogen (secondary N) is 2. The number of amides is 2. The fourth-order valence-corrected chi connectivity index (χ4v) is 2.98. The first-order valence-electron chi connectivity index (χ1n) is 8.35. The number of anilines is 1. The molecule has 26 heavy (non-hydrogen) atoms. The van der Waals surface area contributed by atoms with Crippen LogP contribution < -0.4 is 15.4 Å². The van der Waals surface area contributed by atoms with Gasteiger partial charge in [0.15, 0.2) is 0 Å². The van der Waals surface area contributed by atoms with Crippen LogP contribution in [0.5, 0.6) is 5.88 Å². The number of carbonyl (C=O) groups excluding carboxylic acids is 1. The molecule has 1 aliphatic rings. The smallest absolute Gasteiger partial charge is 0.319 e. The number of nitrogens with zero attached hydrogens (tertiary/aromatic N) is 3.